The Bertz CT molecular complexity index is 981. The Kier molecular flexibility index (Phi) is 5.31. The molecule has 180 valence electrons. The van der Waals surface area contributed by atoms with Gasteiger partial charge in [-0.2, -0.15) is 0 Å². The van der Waals surface area contributed by atoms with E-state index in [1.807, 2.05) is 20.0 Å². The number of ether oxygens (including phenoxy) is 3. The van der Waals surface area contributed by atoms with Crippen molar-refractivity contribution < 1.29 is 24.1 Å². The molecule has 7 nitrogen and oxygen atoms in total. The van der Waals surface area contributed by atoms with E-state index < -0.39 is 17.1 Å². The van der Waals surface area contributed by atoms with E-state index in [4.69, 9.17) is 14.2 Å². The highest BCUT2D eigenvalue weighted by atomic mass is 16.6. The van der Waals surface area contributed by atoms with Crippen LogP contribution in [0.2, 0.25) is 0 Å². The molecular weight excluding hydrogens is 420 g/mol. The molecule has 5 rings (SSSR count). The molecule has 0 bridgehead atoms. The van der Waals surface area contributed by atoms with Crippen molar-refractivity contribution in [2.75, 3.05) is 45.4 Å². The fraction of sp³-hybridized carbons (Fsp3) is 0.654. The van der Waals surface area contributed by atoms with Crippen molar-refractivity contribution in [2.24, 2.45) is 5.41 Å². The predicted molar refractivity (Wildman–Crippen MR) is 126 cm³/mol. The van der Waals surface area contributed by atoms with E-state index >= 15 is 0 Å². The topological polar surface area (TPSA) is 71.5 Å². The van der Waals surface area contributed by atoms with Crippen LogP contribution in [-0.4, -0.2) is 80.2 Å². The first-order valence-electron chi connectivity index (χ1n) is 12.1. The Morgan fingerprint density at radius 2 is 2.06 bits per heavy atom. The van der Waals surface area contributed by atoms with Crippen LogP contribution in [0.25, 0.3) is 0 Å². The number of carbonyl (C=O) groups is 1. The summed E-state index contributed by atoms with van der Waals surface area (Å²) in [5.74, 6) is 0.416. The summed E-state index contributed by atoms with van der Waals surface area (Å²) in [7, 11) is 3.72. The van der Waals surface area contributed by atoms with Gasteiger partial charge in [-0.05, 0) is 37.9 Å². The Labute approximate surface area is 196 Å². The summed E-state index contributed by atoms with van der Waals surface area (Å²) in [5.41, 5.74) is 0.0734. The Balaban J connectivity index is 1.81. The number of fused-ring (bicyclic) bond motifs is 1. The number of likely N-dealkylation sites (N-methyl/N-ethyl adjacent to an activating group) is 1. The molecule has 1 saturated carbocycles. The lowest BCUT2D eigenvalue weighted by Gasteiger charge is -2.64. The number of hydrogen-bond donors (Lipinski definition) is 1. The van der Waals surface area contributed by atoms with Crippen LogP contribution in [0.1, 0.15) is 39.2 Å². The summed E-state index contributed by atoms with van der Waals surface area (Å²) in [6, 6.07) is 6.08. The van der Waals surface area contributed by atoms with Crippen molar-refractivity contribution in [2.45, 2.75) is 62.8 Å². The normalized spacial score (nSPS) is 38.6. The van der Waals surface area contributed by atoms with E-state index in [1.165, 1.54) is 12.5 Å². The highest BCUT2D eigenvalue weighted by Crippen LogP contribution is 2.67. The highest BCUT2D eigenvalue weighted by molar-refractivity contribution is 5.71. The Morgan fingerprint density at radius 1 is 1.27 bits per heavy atom. The summed E-state index contributed by atoms with van der Waals surface area (Å²) in [5, 5.41) is 12.7. The van der Waals surface area contributed by atoms with Gasteiger partial charge in [0.05, 0.1) is 19.8 Å². The number of anilines is 1. The molecule has 1 aromatic carbocycles. The number of benzene rings is 1. The molecular formula is C26H36N2O5. The molecule has 1 saturated heterocycles. The van der Waals surface area contributed by atoms with Crippen molar-refractivity contribution in [1.29, 1.82) is 0 Å². The number of carbonyl (C=O) groups excluding carboxylic acids is 1. The molecule has 1 aromatic rings. The van der Waals surface area contributed by atoms with Gasteiger partial charge in [0.1, 0.15) is 17.5 Å². The van der Waals surface area contributed by atoms with Gasteiger partial charge >= 0.3 is 5.97 Å². The monoisotopic (exact) mass is 456 g/mol. The van der Waals surface area contributed by atoms with Gasteiger partial charge in [0, 0.05) is 55.7 Å². The zero-order valence-corrected chi connectivity index (χ0v) is 20.3. The molecule has 2 fully saturated rings. The second-order valence-corrected chi connectivity index (χ2v) is 10.1. The standard InChI is InChI=1S/C26H36N2O5/c1-6-24-11-8-13-28-14-12-25(21(24)28)19-10-9-18(31-5)15-20(19)27(4)22(25)26(30,16-32-7-2)23(24)33-17(3)29/h8-11,15,21-23,30H,6-7,12-14,16H2,1-5H3/t21?,22-,23-,24-,25-,26?/m1/s1. The first-order chi connectivity index (χ1) is 15.8. The van der Waals surface area contributed by atoms with Crippen LogP contribution >= 0.6 is 0 Å². The van der Waals surface area contributed by atoms with Crippen LogP contribution in [0.4, 0.5) is 5.69 Å². The minimum absolute atomic E-state index is 0.103. The third-order valence-corrected chi connectivity index (χ3v) is 8.75. The second kappa shape index (κ2) is 7.72. The van der Waals surface area contributed by atoms with Gasteiger partial charge < -0.3 is 24.2 Å². The highest BCUT2D eigenvalue weighted by Gasteiger charge is 2.77. The largest absolute Gasteiger partial charge is 0.497 e. The summed E-state index contributed by atoms with van der Waals surface area (Å²) >= 11 is 0. The van der Waals surface area contributed by atoms with Crippen LogP contribution in [-0.2, 0) is 19.7 Å². The number of rotatable bonds is 6. The average Bonchev–Trinajstić information content (AvgIpc) is 3.32. The van der Waals surface area contributed by atoms with Gasteiger partial charge in [-0.1, -0.05) is 25.1 Å². The molecule has 2 unspecified atom stereocenters. The average molecular weight is 457 g/mol. The molecule has 0 aromatic heterocycles. The maximum atomic E-state index is 12.7. The van der Waals surface area contributed by atoms with Gasteiger partial charge in [-0.15, -0.1) is 0 Å². The molecule has 7 heteroatoms. The van der Waals surface area contributed by atoms with Crippen molar-refractivity contribution in [3.8, 4) is 5.75 Å². The molecule has 1 aliphatic carbocycles. The minimum atomic E-state index is -1.40. The van der Waals surface area contributed by atoms with Crippen molar-refractivity contribution in [3.63, 3.8) is 0 Å². The number of nitrogens with zero attached hydrogens (tertiary/aromatic N) is 2. The van der Waals surface area contributed by atoms with E-state index in [2.05, 4.69) is 41.0 Å². The van der Waals surface area contributed by atoms with Gasteiger partial charge in [0.15, 0.2) is 0 Å². The molecule has 33 heavy (non-hydrogen) atoms. The Morgan fingerprint density at radius 3 is 2.73 bits per heavy atom. The number of aliphatic hydroxyl groups is 1. The third kappa shape index (κ3) is 2.76. The summed E-state index contributed by atoms with van der Waals surface area (Å²) < 4.78 is 17.6. The molecule has 0 radical (unpaired) electrons. The van der Waals surface area contributed by atoms with Crippen LogP contribution in [0, 0.1) is 5.41 Å². The van der Waals surface area contributed by atoms with Crippen LogP contribution in [0.15, 0.2) is 30.4 Å². The lowest BCUT2D eigenvalue weighted by molar-refractivity contribution is -0.232. The van der Waals surface area contributed by atoms with Crippen molar-refractivity contribution in [1.82, 2.24) is 4.90 Å². The zero-order valence-electron chi connectivity index (χ0n) is 20.3. The van der Waals surface area contributed by atoms with Gasteiger partial charge in [0.2, 0.25) is 0 Å². The molecule has 3 aliphatic heterocycles. The summed E-state index contributed by atoms with van der Waals surface area (Å²) in [6.45, 7) is 7.89. The Hall–Kier alpha value is -2.09. The lowest BCUT2D eigenvalue weighted by atomic mass is 9.48. The summed E-state index contributed by atoms with van der Waals surface area (Å²) in [4.78, 5) is 17.1. The van der Waals surface area contributed by atoms with Crippen molar-refractivity contribution in [3.05, 3.63) is 35.9 Å². The van der Waals surface area contributed by atoms with E-state index in [-0.39, 0.29) is 30.1 Å². The first kappa shape index (κ1) is 22.7. The molecule has 4 aliphatic rings. The van der Waals surface area contributed by atoms with Crippen molar-refractivity contribution >= 4 is 11.7 Å². The molecule has 0 amide bonds. The lowest BCUT2D eigenvalue weighted by Crippen LogP contribution is -2.80. The second-order valence-electron chi connectivity index (χ2n) is 10.1. The van der Waals surface area contributed by atoms with Gasteiger partial charge in [-0.25, -0.2) is 0 Å². The van der Waals surface area contributed by atoms with Gasteiger partial charge in [-0.3, -0.25) is 9.69 Å². The quantitative estimate of drug-likeness (QED) is 0.521. The predicted octanol–water partition coefficient (Wildman–Crippen LogP) is 2.50. The first-order valence-corrected chi connectivity index (χ1v) is 12.1. The number of hydrogen-bond acceptors (Lipinski definition) is 7. The SMILES string of the molecule is CCOCC1(O)[C@H](OC(C)=O)[C@]2(CC)C=CCN3CC[C@@]4(c5ccc(OC)cc5N(C)[C@@H]14)C32. The third-order valence-electron chi connectivity index (χ3n) is 8.75. The zero-order chi connectivity index (χ0) is 23.6. The fourth-order valence-electron chi connectivity index (χ4n) is 7.87. The number of methoxy groups -OCH3 is 1. The van der Waals surface area contributed by atoms with Crippen LogP contribution < -0.4 is 9.64 Å². The van der Waals surface area contributed by atoms with Crippen LogP contribution in [0.5, 0.6) is 5.75 Å². The maximum Gasteiger partial charge on any atom is 0.303 e. The van der Waals surface area contributed by atoms with Crippen LogP contribution in [0.3, 0.4) is 0 Å². The fourth-order valence-corrected chi connectivity index (χ4v) is 7.87. The smallest absolute Gasteiger partial charge is 0.303 e. The molecule has 3 heterocycles. The number of esters is 1. The van der Waals surface area contributed by atoms with E-state index in [0.29, 0.717) is 6.61 Å². The molecule has 1 spiro atoms. The molecule has 1 N–H and O–H groups in total. The maximum absolute atomic E-state index is 12.7. The van der Waals surface area contributed by atoms with Gasteiger partial charge in [0.25, 0.3) is 0 Å². The minimum Gasteiger partial charge on any atom is -0.497 e. The summed E-state index contributed by atoms with van der Waals surface area (Å²) in [6.07, 6.45) is 5.36. The van der Waals surface area contributed by atoms with E-state index in [1.54, 1.807) is 7.11 Å². The van der Waals surface area contributed by atoms with E-state index in [9.17, 15) is 9.90 Å². The molecule has 6 atom stereocenters. The van der Waals surface area contributed by atoms with E-state index in [0.717, 1.165) is 37.4 Å².